The van der Waals surface area contributed by atoms with Crippen molar-refractivity contribution < 1.29 is 0 Å². The maximum atomic E-state index is 4.49. The molecule has 0 aliphatic carbocycles. The highest BCUT2D eigenvalue weighted by atomic mass is 32.2. The van der Waals surface area contributed by atoms with Crippen molar-refractivity contribution in [3.8, 4) is 0 Å². The fourth-order valence-electron chi connectivity index (χ4n) is 1.54. The van der Waals surface area contributed by atoms with E-state index in [1.807, 2.05) is 23.5 Å². The average molecular weight is 317 g/mol. The van der Waals surface area contributed by atoms with Crippen molar-refractivity contribution in [3.63, 3.8) is 0 Å². The van der Waals surface area contributed by atoms with Gasteiger partial charge in [0.1, 0.15) is 0 Å². The lowest BCUT2D eigenvalue weighted by Gasteiger charge is -2.24. The van der Waals surface area contributed by atoms with Crippen LogP contribution >= 0.6 is 61.4 Å². The molecule has 0 aliphatic heterocycles. The molecule has 0 heterocycles. The minimum absolute atomic E-state index is 0.698. The number of hydrogen-bond acceptors (Lipinski definition) is 5. The molecule has 0 aliphatic rings. The summed E-state index contributed by atoms with van der Waals surface area (Å²) in [5, 5.41) is 1.42. The number of thioether (sulfide) groups is 2. The van der Waals surface area contributed by atoms with E-state index in [9.17, 15) is 0 Å². The SMILES string of the molecule is CC(CC(CS)C(C)SCCS)SCCS. The largest absolute Gasteiger partial charge is 0.179 e. The van der Waals surface area contributed by atoms with E-state index in [0.717, 1.165) is 39.9 Å². The summed E-state index contributed by atoms with van der Waals surface area (Å²) < 4.78 is 0. The predicted molar refractivity (Wildman–Crippen MR) is 93.5 cm³/mol. The normalized spacial score (nSPS) is 17.1. The zero-order chi connectivity index (χ0) is 12.4. The molecule has 0 N–H and O–H groups in total. The molecule has 0 amide bonds. The molecule has 98 valence electrons. The van der Waals surface area contributed by atoms with Crippen molar-refractivity contribution >= 4 is 61.4 Å². The van der Waals surface area contributed by atoms with E-state index in [4.69, 9.17) is 0 Å². The van der Waals surface area contributed by atoms with E-state index in [1.54, 1.807) is 0 Å². The topological polar surface area (TPSA) is 0 Å². The van der Waals surface area contributed by atoms with Gasteiger partial charge in [0.05, 0.1) is 0 Å². The number of hydrogen-bond donors (Lipinski definition) is 3. The van der Waals surface area contributed by atoms with Crippen LogP contribution in [0.5, 0.6) is 0 Å². The van der Waals surface area contributed by atoms with Crippen LogP contribution in [0.4, 0.5) is 0 Å². The third-order valence-electron chi connectivity index (χ3n) is 2.50. The first kappa shape index (κ1) is 17.8. The highest BCUT2D eigenvalue weighted by Crippen LogP contribution is 2.28. The monoisotopic (exact) mass is 316 g/mol. The van der Waals surface area contributed by atoms with Gasteiger partial charge in [0, 0.05) is 22.0 Å². The summed E-state index contributed by atoms with van der Waals surface area (Å²) in [5.41, 5.74) is 0. The van der Waals surface area contributed by atoms with Crippen molar-refractivity contribution in [1.82, 2.24) is 0 Å². The lowest BCUT2D eigenvalue weighted by molar-refractivity contribution is 0.538. The Bertz CT molecular complexity index is 153. The van der Waals surface area contributed by atoms with Crippen molar-refractivity contribution in [1.29, 1.82) is 0 Å². The van der Waals surface area contributed by atoms with Gasteiger partial charge in [-0.15, -0.1) is 0 Å². The van der Waals surface area contributed by atoms with Gasteiger partial charge in [-0.2, -0.15) is 61.4 Å². The first-order valence-corrected chi connectivity index (χ1v) is 9.71. The molecule has 3 atom stereocenters. The summed E-state index contributed by atoms with van der Waals surface area (Å²) in [6.45, 7) is 4.64. The minimum Gasteiger partial charge on any atom is -0.179 e. The van der Waals surface area contributed by atoms with Crippen molar-refractivity contribution in [2.24, 2.45) is 5.92 Å². The zero-order valence-electron chi connectivity index (χ0n) is 10.1. The summed E-state index contributed by atoms with van der Waals surface area (Å²) >= 11 is 17.0. The Morgan fingerprint density at radius 3 is 2.00 bits per heavy atom. The van der Waals surface area contributed by atoms with E-state index in [2.05, 4.69) is 51.7 Å². The highest BCUT2D eigenvalue weighted by molar-refractivity contribution is 8.01. The van der Waals surface area contributed by atoms with Crippen LogP contribution in [0.2, 0.25) is 0 Å². The second kappa shape index (κ2) is 11.8. The molecule has 0 fully saturated rings. The molecule has 3 unspecified atom stereocenters. The summed E-state index contributed by atoms with van der Waals surface area (Å²) in [5.74, 6) is 5.96. The fourth-order valence-corrected chi connectivity index (χ4v) is 4.63. The van der Waals surface area contributed by atoms with Crippen molar-refractivity contribution in [2.45, 2.75) is 30.8 Å². The zero-order valence-corrected chi connectivity index (χ0v) is 14.4. The van der Waals surface area contributed by atoms with Crippen molar-refractivity contribution in [2.75, 3.05) is 28.8 Å². The molecule has 5 heteroatoms. The number of rotatable bonds is 10. The summed E-state index contributed by atoms with van der Waals surface area (Å²) in [6.07, 6.45) is 1.27. The Morgan fingerprint density at radius 1 is 0.938 bits per heavy atom. The van der Waals surface area contributed by atoms with Crippen LogP contribution < -0.4 is 0 Å². The van der Waals surface area contributed by atoms with Gasteiger partial charge in [-0.3, -0.25) is 0 Å². The van der Waals surface area contributed by atoms with Gasteiger partial charge in [0.2, 0.25) is 0 Å². The molecule has 0 spiro atoms. The average Bonchev–Trinajstić information content (AvgIpc) is 2.30. The van der Waals surface area contributed by atoms with E-state index in [0.29, 0.717) is 5.25 Å². The summed E-state index contributed by atoms with van der Waals surface area (Å²) in [4.78, 5) is 0. The molecular weight excluding hydrogens is 292 g/mol. The molecule has 0 saturated heterocycles. The van der Waals surface area contributed by atoms with Crippen LogP contribution in [0, 0.1) is 5.92 Å². The van der Waals surface area contributed by atoms with Gasteiger partial charge < -0.3 is 0 Å². The van der Waals surface area contributed by atoms with Crippen LogP contribution in [0.3, 0.4) is 0 Å². The molecule has 0 aromatic heterocycles. The van der Waals surface area contributed by atoms with E-state index < -0.39 is 0 Å². The van der Waals surface area contributed by atoms with Gasteiger partial charge >= 0.3 is 0 Å². The predicted octanol–water partition coefficient (Wildman–Crippen LogP) is 4.03. The highest BCUT2D eigenvalue weighted by Gasteiger charge is 2.18. The molecular formula is C11H24S5. The Hall–Kier alpha value is 1.75. The maximum Gasteiger partial charge on any atom is 0.00554 e. The standard InChI is InChI=1S/C11H24S5/c1-9(15-5-3-12)7-11(8-14)10(2)16-6-4-13/h9-14H,3-8H2,1-2H3. The third-order valence-corrected chi connectivity index (χ3v) is 6.57. The van der Waals surface area contributed by atoms with Crippen molar-refractivity contribution in [3.05, 3.63) is 0 Å². The van der Waals surface area contributed by atoms with Gasteiger partial charge in [0.25, 0.3) is 0 Å². The lowest BCUT2D eigenvalue weighted by atomic mass is 10.0. The fraction of sp³-hybridized carbons (Fsp3) is 1.00. The van der Waals surface area contributed by atoms with Gasteiger partial charge in [-0.05, 0) is 29.6 Å². The Labute approximate surface area is 126 Å². The molecule has 16 heavy (non-hydrogen) atoms. The van der Waals surface area contributed by atoms with Crippen LogP contribution in [0.1, 0.15) is 20.3 Å². The molecule has 0 aromatic carbocycles. The molecule has 0 aromatic rings. The summed E-state index contributed by atoms with van der Waals surface area (Å²) in [6, 6.07) is 0. The van der Waals surface area contributed by atoms with Crippen LogP contribution in [-0.4, -0.2) is 39.3 Å². The van der Waals surface area contributed by atoms with Crippen LogP contribution in [0.25, 0.3) is 0 Å². The smallest absolute Gasteiger partial charge is 0.00554 e. The minimum atomic E-state index is 0.698. The maximum absolute atomic E-state index is 4.49. The van der Waals surface area contributed by atoms with Gasteiger partial charge in [-0.25, -0.2) is 0 Å². The second-order valence-electron chi connectivity index (χ2n) is 3.88. The molecule has 0 nitrogen and oxygen atoms in total. The third kappa shape index (κ3) is 8.78. The Morgan fingerprint density at radius 2 is 1.50 bits per heavy atom. The lowest BCUT2D eigenvalue weighted by Crippen LogP contribution is -2.20. The van der Waals surface area contributed by atoms with E-state index in [-0.39, 0.29) is 0 Å². The van der Waals surface area contributed by atoms with Crippen LogP contribution in [0.15, 0.2) is 0 Å². The summed E-state index contributed by atoms with van der Waals surface area (Å²) in [7, 11) is 0. The van der Waals surface area contributed by atoms with E-state index >= 15 is 0 Å². The first-order valence-electron chi connectivity index (χ1n) is 5.71. The Kier molecular flexibility index (Phi) is 13.1. The van der Waals surface area contributed by atoms with E-state index in [1.165, 1.54) is 6.42 Å². The molecule has 0 radical (unpaired) electrons. The molecule has 0 bridgehead atoms. The second-order valence-corrected chi connectivity index (χ2v) is 8.17. The van der Waals surface area contributed by atoms with Gasteiger partial charge in [0.15, 0.2) is 0 Å². The van der Waals surface area contributed by atoms with Crippen LogP contribution in [-0.2, 0) is 0 Å². The number of thiol groups is 3. The van der Waals surface area contributed by atoms with Gasteiger partial charge in [-0.1, -0.05) is 13.8 Å². The Balaban J connectivity index is 3.87. The first-order chi connectivity index (χ1) is 7.65. The molecule has 0 rings (SSSR count). The molecule has 0 saturated carbocycles. The quantitative estimate of drug-likeness (QED) is 0.521.